The Morgan fingerprint density at radius 3 is 2.21 bits per heavy atom. The number of carbonyl (C=O) groups is 1. The molecule has 1 saturated carbocycles. The minimum absolute atomic E-state index is 0.0395. The molecule has 2 aromatic rings. The first kappa shape index (κ1) is 24.4. The maximum Gasteiger partial charge on any atom is 0.264 e. The highest BCUT2D eigenvalue weighted by Crippen LogP contribution is 2.32. The van der Waals surface area contributed by atoms with Gasteiger partial charge in [-0.15, -0.1) is 0 Å². The number of carbonyl (C=O) groups excluding carboxylic acids is 1. The molecule has 178 valence electrons. The maximum atomic E-state index is 13.6. The standard InChI is InChI=1S/C23H29N3O6S/c1-30-19-11-9-18(10-12-19)26(16-23(27)25-24-17-7-5-4-6-8-17)33(28,29)20-13-14-21(31-2)22(15-20)32-3/h9-15H,4-8,16H2,1-3H3,(H,25,27). The molecule has 0 heterocycles. The SMILES string of the molecule is COc1ccc(N(CC(=O)NN=C2CCCCC2)S(=O)(=O)c2ccc(OC)c(OC)c2)cc1. The smallest absolute Gasteiger partial charge is 0.264 e. The average molecular weight is 476 g/mol. The number of hydrazone groups is 1. The van der Waals surface area contributed by atoms with Gasteiger partial charge in [0.25, 0.3) is 15.9 Å². The molecule has 0 unspecified atom stereocenters. The van der Waals surface area contributed by atoms with Gasteiger partial charge >= 0.3 is 0 Å². The van der Waals surface area contributed by atoms with E-state index in [4.69, 9.17) is 14.2 Å². The second kappa shape index (κ2) is 11.0. The molecule has 1 amide bonds. The van der Waals surface area contributed by atoms with Crippen molar-refractivity contribution in [2.45, 2.75) is 37.0 Å². The van der Waals surface area contributed by atoms with Crippen LogP contribution in [0.1, 0.15) is 32.1 Å². The monoisotopic (exact) mass is 475 g/mol. The van der Waals surface area contributed by atoms with Gasteiger partial charge in [-0.05, 0) is 62.1 Å². The van der Waals surface area contributed by atoms with Crippen LogP contribution in [0.3, 0.4) is 0 Å². The van der Waals surface area contributed by atoms with Crippen molar-refractivity contribution in [3.8, 4) is 17.2 Å². The summed E-state index contributed by atoms with van der Waals surface area (Å²) in [5.74, 6) is 0.693. The quantitative estimate of drug-likeness (QED) is 0.558. The third-order valence-corrected chi connectivity index (χ3v) is 7.13. The van der Waals surface area contributed by atoms with Crippen molar-refractivity contribution in [2.75, 3.05) is 32.2 Å². The molecule has 0 radical (unpaired) electrons. The molecule has 10 heteroatoms. The number of hydrogen-bond acceptors (Lipinski definition) is 7. The second-order valence-electron chi connectivity index (χ2n) is 7.50. The molecule has 1 aliphatic rings. The third-order valence-electron chi connectivity index (χ3n) is 5.36. The minimum Gasteiger partial charge on any atom is -0.497 e. The number of anilines is 1. The average Bonchev–Trinajstić information content (AvgIpc) is 2.86. The van der Waals surface area contributed by atoms with Gasteiger partial charge in [0.05, 0.1) is 31.9 Å². The van der Waals surface area contributed by atoms with Gasteiger partial charge in [-0.2, -0.15) is 5.10 Å². The fraction of sp³-hybridized carbons (Fsp3) is 0.391. The molecular weight excluding hydrogens is 446 g/mol. The Morgan fingerprint density at radius 1 is 0.939 bits per heavy atom. The largest absolute Gasteiger partial charge is 0.497 e. The highest BCUT2D eigenvalue weighted by Gasteiger charge is 2.28. The van der Waals surface area contributed by atoms with Crippen LogP contribution in [0, 0.1) is 0 Å². The Balaban J connectivity index is 1.92. The Labute approximate surface area is 194 Å². The van der Waals surface area contributed by atoms with Crippen molar-refractivity contribution in [3.05, 3.63) is 42.5 Å². The zero-order valence-electron chi connectivity index (χ0n) is 19.0. The molecule has 1 N–H and O–H groups in total. The van der Waals surface area contributed by atoms with Crippen LogP contribution in [0.2, 0.25) is 0 Å². The Bertz CT molecular complexity index is 1090. The number of benzene rings is 2. The van der Waals surface area contributed by atoms with E-state index in [1.807, 2.05) is 0 Å². The first-order valence-electron chi connectivity index (χ1n) is 10.6. The van der Waals surface area contributed by atoms with E-state index in [2.05, 4.69) is 10.5 Å². The van der Waals surface area contributed by atoms with Crippen molar-refractivity contribution in [3.63, 3.8) is 0 Å². The lowest BCUT2D eigenvalue weighted by Gasteiger charge is -2.24. The lowest BCUT2D eigenvalue weighted by Crippen LogP contribution is -2.39. The number of ether oxygens (including phenoxy) is 3. The predicted molar refractivity (Wildman–Crippen MR) is 126 cm³/mol. The van der Waals surface area contributed by atoms with E-state index < -0.39 is 22.5 Å². The number of amides is 1. The number of rotatable bonds is 9. The highest BCUT2D eigenvalue weighted by molar-refractivity contribution is 7.92. The predicted octanol–water partition coefficient (Wildman–Crippen LogP) is 3.34. The van der Waals surface area contributed by atoms with Crippen LogP contribution < -0.4 is 23.9 Å². The van der Waals surface area contributed by atoms with Gasteiger partial charge in [0.2, 0.25) is 0 Å². The van der Waals surface area contributed by atoms with Crippen LogP contribution in [-0.4, -0.2) is 47.9 Å². The molecule has 33 heavy (non-hydrogen) atoms. The van der Waals surface area contributed by atoms with Crippen molar-refractivity contribution >= 4 is 27.3 Å². The lowest BCUT2D eigenvalue weighted by molar-refractivity contribution is -0.119. The summed E-state index contributed by atoms with van der Waals surface area (Å²) in [7, 11) is 0.287. The van der Waals surface area contributed by atoms with Gasteiger partial charge in [-0.25, -0.2) is 13.8 Å². The fourth-order valence-electron chi connectivity index (χ4n) is 3.55. The molecule has 1 fully saturated rings. The van der Waals surface area contributed by atoms with E-state index in [0.29, 0.717) is 17.2 Å². The molecule has 0 atom stereocenters. The molecular formula is C23H29N3O6S. The van der Waals surface area contributed by atoms with Gasteiger partial charge in [-0.3, -0.25) is 9.10 Å². The van der Waals surface area contributed by atoms with E-state index in [1.54, 1.807) is 24.3 Å². The van der Waals surface area contributed by atoms with Crippen LogP contribution in [0.15, 0.2) is 52.5 Å². The minimum atomic E-state index is -4.12. The number of nitrogens with zero attached hydrogens (tertiary/aromatic N) is 2. The molecule has 0 aromatic heterocycles. The number of methoxy groups -OCH3 is 3. The summed E-state index contributed by atoms with van der Waals surface area (Å²) < 4.78 is 43.8. The van der Waals surface area contributed by atoms with Gasteiger partial charge in [0, 0.05) is 11.8 Å². The topological polar surface area (TPSA) is 107 Å². The first-order chi connectivity index (χ1) is 15.9. The van der Waals surface area contributed by atoms with E-state index in [1.165, 1.54) is 39.5 Å². The Kier molecular flexibility index (Phi) is 8.16. The first-order valence-corrected chi connectivity index (χ1v) is 12.1. The number of sulfonamides is 1. The highest BCUT2D eigenvalue weighted by atomic mass is 32.2. The summed E-state index contributed by atoms with van der Waals surface area (Å²) in [6.07, 6.45) is 4.92. The summed E-state index contributed by atoms with van der Waals surface area (Å²) in [4.78, 5) is 12.7. The molecule has 1 aliphatic carbocycles. The van der Waals surface area contributed by atoms with Crippen LogP contribution in [0.5, 0.6) is 17.2 Å². The third kappa shape index (κ3) is 5.95. The number of hydrogen-bond donors (Lipinski definition) is 1. The summed E-state index contributed by atoms with van der Waals surface area (Å²) in [5, 5.41) is 4.20. The zero-order chi connectivity index (χ0) is 23.8. The van der Waals surface area contributed by atoms with E-state index in [9.17, 15) is 13.2 Å². The van der Waals surface area contributed by atoms with Gasteiger partial charge in [-0.1, -0.05) is 6.42 Å². The summed E-state index contributed by atoms with van der Waals surface area (Å²) in [5.41, 5.74) is 3.75. The summed E-state index contributed by atoms with van der Waals surface area (Å²) in [6.45, 7) is -0.445. The van der Waals surface area contributed by atoms with Crippen molar-refractivity contribution in [1.82, 2.24) is 5.43 Å². The van der Waals surface area contributed by atoms with E-state index in [-0.39, 0.29) is 10.6 Å². The van der Waals surface area contributed by atoms with Gasteiger partial charge in [0.15, 0.2) is 11.5 Å². The van der Waals surface area contributed by atoms with Crippen LogP contribution in [0.4, 0.5) is 5.69 Å². The summed E-state index contributed by atoms with van der Waals surface area (Å²) >= 11 is 0. The molecule has 9 nitrogen and oxygen atoms in total. The van der Waals surface area contributed by atoms with Gasteiger partial charge in [0.1, 0.15) is 12.3 Å². The Hall–Kier alpha value is -3.27. The maximum absolute atomic E-state index is 13.6. The fourth-order valence-corrected chi connectivity index (χ4v) is 4.98. The number of nitrogens with one attached hydrogen (secondary N) is 1. The molecule has 0 saturated heterocycles. The molecule has 0 aliphatic heterocycles. The van der Waals surface area contributed by atoms with E-state index >= 15 is 0 Å². The Morgan fingerprint density at radius 2 is 1.61 bits per heavy atom. The van der Waals surface area contributed by atoms with Crippen molar-refractivity contribution in [2.24, 2.45) is 5.10 Å². The zero-order valence-corrected chi connectivity index (χ0v) is 19.9. The van der Waals surface area contributed by atoms with E-state index in [0.717, 1.165) is 42.1 Å². The second-order valence-corrected chi connectivity index (χ2v) is 9.36. The van der Waals surface area contributed by atoms with Crippen LogP contribution in [-0.2, 0) is 14.8 Å². The molecule has 0 spiro atoms. The molecule has 2 aromatic carbocycles. The summed E-state index contributed by atoms with van der Waals surface area (Å²) in [6, 6.07) is 10.7. The van der Waals surface area contributed by atoms with Crippen LogP contribution >= 0.6 is 0 Å². The normalized spacial score (nSPS) is 13.7. The molecule has 3 rings (SSSR count). The van der Waals surface area contributed by atoms with Gasteiger partial charge < -0.3 is 14.2 Å². The van der Waals surface area contributed by atoms with Crippen molar-refractivity contribution in [1.29, 1.82) is 0 Å². The molecule has 0 bridgehead atoms. The van der Waals surface area contributed by atoms with Crippen molar-refractivity contribution < 1.29 is 27.4 Å². The lowest BCUT2D eigenvalue weighted by atomic mass is 9.99. The van der Waals surface area contributed by atoms with Crippen LogP contribution in [0.25, 0.3) is 0 Å².